The zero-order valence-corrected chi connectivity index (χ0v) is 30.3. The zero-order valence-electron chi connectivity index (χ0n) is 32.1. The Morgan fingerprint density at radius 1 is 0.681 bits per heavy atom. The van der Waals surface area contributed by atoms with Crippen LogP contribution in [-0.2, 0) is 52.3 Å². The Morgan fingerprint density at radius 3 is 1.60 bits per heavy atom. The number of hydrogen-bond acceptors (Lipinski definition) is 12. The van der Waals surface area contributed by atoms with Gasteiger partial charge in [-0.05, 0) is 83.0 Å². The summed E-state index contributed by atoms with van der Waals surface area (Å²) in [5.74, 6) is -3.62. The summed E-state index contributed by atoms with van der Waals surface area (Å²) >= 11 is 16.8. The maximum atomic E-state index is 13.5. The van der Waals surface area contributed by atoms with E-state index in [4.69, 9.17) is 73.4 Å². The summed E-state index contributed by atoms with van der Waals surface area (Å²) in [6, 6.07) is 0. The van der Waals surface area contributed by atoms with Crippen molar-refractivity contribution in [3.63, 3.8) is 0 Å². The minimum atomic E-state index is -1.86. The van der Waals surface area contributed by atoms with E-state index in [1.54, 1.807) is 0 Å². The van der Waals surface area contributed by atoms with Crippen molar-refractivity contribution >= 4 is 64.8 Å². The fourth-order valence-corrected chi connectivity index (χ4v) is 3.44. The molecule has 1 saturated heterocycles. The lowest BCUT2D eigenvalue weighted by Gasteiger charge is -2.45. The molecule has 1 heterocycles. The van der Waals surface area contributed by atoms with Crippen LogP contribution in [0.15, 0.2) is 0 Å². The van der Waals surface area contributed by atoms with E-state index >= 15 is 0 Å². The third-order valence-corrected chi connectivity index (χ3v) is 6.26. The standard InChI is InChI=1S/C31H50Cl3NO12/c1-27(2,3)22(36)42-15-17-18(45-23(37)28(4,5)6)19(46-24(38)29(7,8)9)20(47-25(39)30(10,11)12)21(44-17)41-14-13-35-26(40)43-16-31(32,33)34/h17-21H,13-16H2,1-12H3,(H,35,40)/t17-,18-,19+,20-,21?/m1/s1/i1D,4D,7D,10D. The van der Waals surface area contributed by atoms with E-state index in [0.29, 0.717) is 0 Å². The normalized spacial score (nSPS) is 23.6. The van der Waals surface area contributed by atoms with Gasteiger partial charge in [-0.2, -0.15) is 0 Å². The van der Waals surface area contributed by atoms with E-state index in [9.17, 15) is 24.0 Å². The lowest BCUT2D eigenvalue weighted by molar-refractivity contribution is -0.311. The molecule has 0 spiro atoms. The van der Waals surface area contributed by atoms with Gasteiger partial charge in [-0.1, -0.05) is 34.8 Å². The molecular formula is C31H50Cl3NO12. The van der Waals surface area contributed by atoms with Crippen LogP contribution in [0.25, 0.3) is 0 Å². The topological polar surface area (TPSA) is 162 Å². The van der Waals surface area contributed by atoms with Gasteiger partial charge in [0.2, 0.25) is 3.79 Å². The number of alkyl halides is 3. The van der Waals surface area contributed by atoms with Crippen molar-refractivity contribution in [1.82, 2.24) is 5.32 Å². The van der Waals surface area contributed by atoms with E-state index in [-0.39, 0.29) is 20.1 Å². The van der Waals surface area contributed by atoms with E-state index in [1.165, 1.54) is 55.4 Å². The molecule has 0 aliphatic carbocycles. The fraction of sp³-hybridized carbons (Fsp3) is 0.839. The molecular weight excluding hydrogens is 685 g/mol. The SMILES string of the molecule is [2H]CC(C)(C)C(=O)OC[C@H]1OC(OCCNC(=O)OCC(Cl)(Cl)Cl)[C@H](OC(=O)C(C)(C)C[2H])[C@@H](OC(=O)C(C)(C)C[2H])[C@@H]1OC(=O)C(C)(C)C[2H]. The first kappa shape index (κ1) is 36.2. The molecule has 0 aromatic rings. The molecule has 5 atom stereocenters. The molecule has 0 bridgehead atoms. The van der Waals surface area contributed by atoms with E-state index in [2.05, 4.69) is 5.32 Å². The summed E-state index contributed by atoms with van der Waals surface area (Å²) in [4.78, 5) is 65.2. The summed E-state index contributed by atoms with van der Waals surface area (Å²) in [5.41, 5.74) is -5.42. The highest BCUT2D eigenvalue weighted by molar-refractivity contribution is 6.67. The Balaban J connectivity index is 3.72. The Bertz CT molecular complexity index is 1220. The van der Waals surface area contributed by atoms with Gasteiger partial charge in [-0.15, -0.1) is 0 Å². The number of alkyl carbamates (subject to hydrolysis) is 1. The molecule has 0 aromatic carbocycles. The summed E-state index contributed by atoms with van der Waals surface area (Å²) in [7, 11) is 0. The Morgan fingerprint density at radius 2 is 1.13 bits per heavy atom. The molecule has 47 heavy (non-hydrogen) atoms. The molecule has 1 unspecified atom stereocenters. The smallest absolute Gasteiger partial charge is 0.407 e. The van der Waals surface area contributed by atoms with Gasteiger partial charge < -0.3 is 38.5 Å². The van der Waals surface area contributed by atoms with Gasteiger partial charge in [0.05, 0.1) is 28.3 Å². The van der Waals surface area contributed by atoms with Crippen molar-refractivity contribution in [3.05, 3.63) is 0 Å². The average Bonchev–Trinajstić information content (AvgIpc) is 3.05. The molecule has 0 radical (unpaired) electrons. The molecule has 0 saturated carbocycles. The summed E-state index contributed by atoms with van der Waals surface area (Å²) in [5, 5.41) is 2.36. The molecule has 13 nitrogen and oxygen atoms in total. The van der Waals surface area contributed by atoms with Gasteiger partial charge in [0.1, 0.15) is 19.3 Å². The number of carbonyl (C=O) groups is 5. The highest BCUT2D eigenvalue weighted by atomic mass is 35.6. The van der Waals surface area contributed by atoms with Crippen molar-refractivity contribution in [2.24, 2.45) is 21.7 Å². The second-order valence-electron chi connectivity index (χ2n) is 13.8. The van der Waals surface area contributed by atoms with E-state index in [0.717, 1.165) is 0 Å². The van der Waals surface area contributed by atoms with Crippen LogP contribution in [0, 0.1) is 21.7 Å². The maximum Gasteiger partial charge on any atom is 0.407 e. The highest BCUT2D eigenvalue weighted by Crippen LogP contribution is 2.34. The number of rotatable bonds is 10. The Hall–Kier alpha value is -2.06. The average molecular weight is 739 g/mol. The van der Waals surface area contributed by atoms with Crippen LogP contribution >= 0.6 is 34.8 Å². The first-order chi connectivity index (χ1) is 23.3. The molecule has 1 aliphatic rings. The van der Waals surface area contributed by atoms with Crippen LogP contribution in [0.3, 0.4) is 0 Å². The quantitative estimate of drug-likeness (QED) is 0.134. The molecule has 1 N–H and O–H groups in total. The van der Waals surface area contributed by atoms with Gasteiger partial charge >= 0.3 is 30.0 Å². The summed E-state index contributed by atoms with van der Waals surface area (Å²) in [6.45, 7) is 8.21. The van der Waals surface area contributed by atoms with E-state index < -0.39 is 120 Å². The number of carbonyl (C=O) groups excluding carboxylic acids is 5. The van der Waals surface area contributed by atoms with Crippen molar-refractivity contribution in [1.29, 1.82) is 0 Å². The number of ether oxygens (including phenoxy) is 7. The van der Waals surface area contributed by atoms with Gasteiger partial charge in [0.15, 0.2) is 24.6 Å². The predicted molar refractivity (Wildman–Crippen MR) is 173 cm³/mol. The molecule has 1 aliphatic heterocycles. The molecule has 1 rings (SSSR count). The molecule has 1 fully saturated rings. The van der Waals surface area contributed by atoms with Gasteiger partial charge in [0.25, 0.3) is 0 Å². The summed E-state index contributed by atoms with van der Waals surface area (Å²) in [6.07, 6.45) is -9.12. The minimum Gasteiger partial charge on any atom is -0.462 e. The van der Waals surface area contributed by atoms with Crippen molar-refractivity contribution in [2.45, 2.75) is 117 Å². The first-order valence-corrected chi connectivity index (χ1v) is 15.6. The van der Waals surface area contributed by atoms with Gasteiger partial charge in [-0.25, -0.2) is 4.79 Å². The van der Waals surface area contributed by atoms with E-state index in [1.807, 2.05) is 0 Å². The van der Waals surface area contributed by atoms with Gasteiger partial charge in [0, 0.05) is 12.0 Å². The van der Waals surface area contributed by atoms with Crippen LogP contribution in [0.4, 0.5) is 4.79 Å². The Labute approximate surface area is 297 Å². The molecule has 0 aromatic heterocycles. The number of hydrogen-bond donors (Lipinski definition) is 1. The van der Waals surface area contributed by atoms with Gasteiger partial charge in [-0.3, -0.25) is 19.2 Å². The molecule has 16 heteroatoms. The van der Waals surface area contributed by atoms with Crippen LogP contribution in [0.1, 0.15) is 88.5 Å². The highest BCUT2D eigenvalue weighted by Gasteiger charge is 2.55. The predicted octanol–water partition coefficient (Wildman–Crippen LogP) is 5.29. The van der Waals surface area contributed by atoms with Crippen LogP contribution in [0.2, 0.25) is 0 Å². The lowest BCUT2D eigenvalue weighted by Crippen LogP contribution is -2.64. The molecule has 272 valence electrons. The van der Waals surface area contributed by atoms with Crippen molar-refractivity contribution in [2.75, 3.05) is 26.4 Å². The number of halogens is 3. The fourth-order valence-electron chi connectivity index (χ4n) is 3.28. The van der Waals surface area contributed by atoms with Crippen LogP contribution < -0.4 is 5.32 Å². The third kappa shape index (κ3) is 14.9. The first-order valence-electron chi connectivity index (χ1n) is 17.3. The largest absolute Gasteiger partial charge is 0.462 e. The van der Waals surface area contributed by atoms with Crippen molar-refractivity contribution in [3.8, 4) is 0 Å². The number of nitrogens with one attached hydrogen (secondary N) is 1. The maximum absolute atomic E-state index is 13.5. The molecule has 1 amide bonds. The minimum absolute atomic E-state index is 0.235. The van der Waals surface area contributed by atoms with Crippen molar-refractivity contribution < 1.29 is 62.6 Å². The monoisotopic (exact) mass is 737 g/mol. The number of esters is 4. The second-order valence-corrected chi connectivity index (χ2v) is 16.3. The van der Waals surface area contributed by atoms with Crippen LogP contribution in [0.5, 0.6) is 0 Å². The third-order valence-electron chi connectivity index (χ3n) is 5.93. The van der Waals surface area contributed by atoms with Crippen LogP contribution in [-0.4, -0.2) is 90.8 Å². The Kier molecular flexibility index (Phi) is 12.8. The number of amides is 1. The summed E-state index contributed by atoms with van der Waals surface area (Å²) < 4.78 is 69.1. The zero-order chi connectivity index (χ0) is 39.6. The second kappa shape index (κ2) is 16.6. The lowest BCUT2D eigenvalue weighted by atomic mass is 9.93.